The Morgan fingerprint density at radius 1 is 1.44 bits per heavy atom. The van der Waals surface area contributed by atoms with Crippen LogP contribution in [0, 0.1) is 10.1 Å². The number of hydrogen-bond acceptors (Lipinski definition) is 4. The lowest BCUT2D eigenvalue weighted by Gasteiger charge is -2.16. The third-order valence-electron chi connectivity index (χ3n) is 2.16. The van der Waals surface area contributed by atoms with Crippen molar-refractivity contribution in [1.82, 2.24) is 0 Å². The fourth-order valence-electron chi connectivity index (χ4n) is 1.27. The predicted octanol–water partition coefficient (Wildman–Crippen LogP) is 1.86. The van der Waals surface area contributed by atoms with Crippen LogP contribution < -0.4 is 5.73 Å². The summed E-state index contributed by atoms with van der Waals surface area (Å²) in [4.78, 5) is 20.2. The van der Waals surface area contributed by atoms with Crippen LogP contribution in [0.4, 0.5) is 18.9 Å². The van der Waals surface area contributed by atoms with E-state index in [1.165, 1.54) is 0 Å². The van der Waals surface area contributed by atoms with Gasteiger partial charge in [0.1, 0.15) is 11.6 Å². The molecule has 0 aliphatic rings. The summed E-state index contributed by atoms with van der Waals surface area (Å²) in [6.07, 6.45) is -4.76. The maximum absolute atomic E-state index is 12.3. The fourth-order valence-corrected chi connectivity index (χ4v) is 1.27. The molecule has 1 atom stereocenters. The molecule has 0 heterocycles. The van der Waals surface area contributed by atoms with Crippen molar-refractivity contribution in [3.05, 3.63) is 39.4 Å². The smallest absolute Gasteiger partial charge is 0.407 e. The minimum atomic E-state index is -4.76. The molecule has 0 saturated carbocycles. The maximum atomic E-state index is 12.3. The zero-order chi connectivity index (χ0) is 14.1. The fraction of sp³-hybridized carbons (Fsp3) is 0.222. The molecule has 0 unspecified atom stereocenters. The number of nitro groups is 1. The number of nitro benzene ring substituents is 1. The van der Waals surface area contributed by atoms with Gasteiger partial charge >= 0.3 is 12.1 Å². The van der Waals surface area contributed by atoms with Crippen molar-refractivity contribution in [1.29, 1.82) is 0 Å². The van der Waals surface area contributed by atoms with Gasteiger partial charge in [-0.3, -0.25) is 10.1 Å². The highest BCUT2D eigenvalue weighted by Crippen LogP contribution is 2.32. The van der Waals surface area contributed by atoms with E-state index in [9.17, 15) is 28.1 Å². The Morgan fingerprint density at radius 3 is 2.39 bits per heavy atom. The number of nitrogens with two attached hydrogens (primary N) is 1. The first kappa shape index (κ1) is 13.9. The summed E-state index contributed by atoms with van der Waals surface area (Å²) in [6.45, 7) is 0. The van der Waals surface area contributed by atoms with Gasteiger partial charge in [0.25, 0.3) is 5.69 Å². The number of aromatic carboxylic acids is 1. The van der Waals surface area contributed by atoms with Crippen LogP contribution in [0.2, 0.25) is 0 Å². The Bertz CT molecular complexity index is 501. The standard InChI is InChI=1S/C9H7F3N2O4/c10-9(11,12)7(13)4-1-2-6(14(17)18)5(3-4)8(15)16/h1-3,7H,13H2,(H,15,16)/t7-/m0/s1. The predicted molar refractivity (Wildman–Crippen MR) is 53.0 cm³/mol. The van der Waals surface area contributed by atoms with E-state index in [4.69, 9.17) is 10.8 Å². The number of carbonyl (C=O) groups is 1. The highest BCUT2D eigenvalue weighted by Gasteiger charge is 2.38. The second-order valence-electron chi connectivity index (χ2n) is 3.36. The van der Waals surface area contributed by atoms with Gasteiger partial charge in [-0.05, 0) is 11.6 Å². The van der Waals surface area contributed by atoms with Gasteiger partial charge in [-0.15, -0.1) is 0 Å². The number of hydrogen-bond donors (Lipinski definition) is 2. The monoisotopic (exact) mass is 264 g/mol. The van der Waals surface area contributed by atoms with E-state index in [0.717, 1.165) is 6.07 Å². The number of carboxylic acids is 1. The number of rotatable bonds is 3. The molecule has 9 heteroatoms. The quantitative estimate of drug-likeness (QED) is 0.640. The molecular formula is C9H7F3N2O4. The van der Waals surface area contributed by atoms with Crippen LogP contribution in [0.5, 0.6) is 0 Å². The molecule has 0 fully saturated rings. The van der Waals surface area contributed by atoms with Crippen LogP contribution in [0.25, 0.3) is 0 Å². The van der Waals surface area contributed by atoms with Crippen LogP contribution in [0.15, 0.2) is 18.2 Å². The number of carboxylic acid groups (broad SMARTS) is 1. The SMILES string of the molecule is N[C@@H](c1ccc([N+](=O)[O-])c(C(=O)O)c1)C(F)(F)F. The molecule has 1 rings (SSSR count). The Hall–Kier alpha value is -2.16. The summed E-state index contributed by atoms with van der Waals surface area (Å²) in [5, 5.41) is 19.2. The van der Waals surface area contributed by atoms with Crippen molar-refractivity contribution in [2.45, 2.75) is 12.2 Å². The number of halogens is 3. The van der Waals surface area contributed by atoms with E-state index in [2.05, 4.69) is 0 Å². The van der Waals surface area contributed by atoms with Gasteiger partial charge in [-0.25, -0.2) is 4.79 Å². The molecule has 98 valence electrons. The van der Waals surface area contributed by atoms with Crippen LogP contribution in [-0.4, -0.2) is 22.2 Å². The lowest BCUT2D eigenvalue weighted by molar-refractivity contribution is -0.385. The normalized spacial score (nSPS) is 13.1. The van der Waals surface area contributed by atoms with Crippen molar-refractivity contribution >= 4 is 11.7 Å². The Balaban J connectivity index is 3.32. The lowest BCUT2D eigenvalue weighted by Crippen LogP contribution is -2.28. The van der Waals surface area contributed by atoms with Crippen molar-refractivity contribution in [3.63, 3.8) is 0 Å². The summed E-state index contributed by atoms with van der Waals surface area (Å²) in [5.74, 6) is -1.70. The van der Waals surface area contributed by atoms with Crippen molar-refractivity contribution < 1.29 is 28.0 Å². The average molecular weight is 264 g/mol. The highest BCUT2D eigenvalue weighted by atomic mass is 19.4. The van der Waals surface area contributed by atoms with Gasteiger partial charge in [0.2, 0.25) is 0 Å². The summed E-state index contributed by atoms with van der Waals surface area (Å²) in [5.41, 5.74) is 2.70. The molecular weight excluding hydrogens is 257 g/mol. The summed E-state index contributed by atoms with van der Waals surface area (Å²) in [7, 11) is 0. The molecule has 0 spiro atoms. The third kappa shape index (κ3) is 2.74. The van der Waals surface area contributed by atoms with Gasteiger partial charge in [0.15, 0.2) is 0 Å². The van der Waals surface area contributed by atoms with Crippen molar-refractivity contribution in [2.24, 2.45) is 5.73 Å². The highest BCUT2D eigenvalue weighted by molar-refractivity contribution is 5.92. The second-order valence-corrected chi connectivity index (χ2v) is 3.36. The topological polar surface area (TPSA) is 106 Å². The van der Waals surface area contributed by atoms with Crippen LogP contribution >= 0.6 is 0 Å². The van der Waals surface area contributed by atoms with E-state index in [1.807, 2.05) is 0 Å². The summed E-state index contributed by atoms with van der Waals surface area (Å²) in [6, 6.07) is -0.373. The zero-order valence-electron chi connectivity index (χ0n) is 8.64. The molecule has 18 heavy (non-hydrogen) atoms. The van der Waals surface area contributed by atoms with Gasteiger partial charge in [-0.1, -0.05) is 6.07 Å². The summed E-state index contributed by atoms with van der Waals surface area (Å²) >= 11 is 0. The average Bonchev–Trinajstić information content (AvgIpc) is 2.25. The molecule has 6 nitrogen and oxygen atoms in total. The van der Waals surface area contributed by atoms with Crippen LogP contribution in [0.1, 0.15) is 22.0 Å². The Morgan fingerprint density at radius 2 is 2.00 bits per heavy atom. The van der Waals surface area contributed by atoms with E-state index in [1.54, 1.807) is 0 Å². The maximum Gasteiger partial charge on any atom is 0.407 e. The first-order valence-corrected chi connectivity index (χ1v) is 4.48. The molecule has 1 aromatic rings. The minimum Gasteiger partial charge on any atom is -0.477 e. The lowest BCUT2D eigenvalue weighted by atomic mass is 10.0. The molecule has 0 saturated heterocycles. The van der Waals surface area contributed by atoms with Crippen LogP contribution in [0.3, 0.4) is 0 Å². The number of nitrogens with zero attached hydrogens (tertiary/aromatic N) is 1. The molecule has 1 aromatic carbocycles. The van der Waals surface area contributed by atoms with Crippen molar-refractivity contribution in [3.8, 4) is 0 Å². The molecule has 0 radical (unpaired) electrons. The van der Waals surface area contributed by atoms with Gasteiger partial charge < -0.3 is 10.8 Å². The van der Waals surface area contributed by atoms with Gasteiger partial charge in [-0.2, -0.15) is 13.2 Å². The largest absolute Gasteiger partial charge is 0.477 e. The van der Waals surface area contributed by atoms with E-state index >= 15 is 0 Å². The molecule has 3 N–H and O–H groups in total. The minimum absolute atomic E-state index is 0.550. The number of benzene rings is 1. The van der Waals surface area contributed by atoms with Crippen LogP contribution in [-0.2, 0) is 0 Å². The zero-order valence-corrected chi connectivity index (χ0v) is 8.64. The molecule has 0 amide bonds. The first-order valence-electron chi connectivity index (χ1n) is 4.48. The number of alkyl halides is 3. The van der Waals surface area contributed by atoms with Crippen molar-refractivity contribution in [2.75, 3.05) is 0 Å². The second kappa shape index (κ2) is 4.61. The molecule has 0 bridgehead atoms. The van der Waals surface area contributed by atoms with Gasteiger partial charge in [0, 0.05) is 6.07 Å². The third-order valence-corrected chi connectivity index (χ3v) is 2.16. The molecule has 0 aliphatic heterocycles. The molecule has 0 aromatic heterocycles. The summed E-state index contributed by atoms with van der Waals surface area (Å²) < 4.78 is 37.0. The Kier molecular flexibility index (Phi) is 3.56. The van der Waals surface area contributed by atoms with E-state index in [0.29, 0.717) is 12.1 Å². The Labute approximate surface area is 98.0 Å². The molecule has 0 aliphatic carbocycles. The van der Waals surface area contributed by atoms with Gasteiger partial charge in [0.05, 0.1) is 4.92 Å². The van der Waals surface area contributed by atoms with E-state index < -0.39 is 39.9 Å². The van der Waals surface area contributed by atoms with E-state index in [-0.39, 0.29) is 0 Å². The first-order chi connectivity index (χ1) is 8.14.